The average molecular weight is 551 g/mol. The van der Waals surface area contributed by atoms with E-state index in [9.17, 15) is 15.3 Å². The van der Waals surface area contributed by atoms with E-state index in [0.29, 0.717) is 46.8 Å². The Kier molecular flexibility index (Phi) is 7.66. The van der Waals surface area contributed by atoms with Crippen molar-refractivity contribution in [2.45, 2.75) is 62.9 Å². The number of hydrogen-bond acceptors (Lipinski definition) is 8. The highest BCUT2D eigenvalue weighted by atomic mass is 16.5. The molecule has 1 saturated carbocycles. The van der Waals surface area contributed by atoms with Crippen LogP contribution in [0.3, 0.4) is 0 Å². The highest BCUT2D eigenvalue weighted by Gasteiger charge is 2.47. The molecule has 3 aliphatic rings. The number of methoxy groups -OCH3 is 2. The summed E-state index contributed by atoms with van der Waals surface area (Å²) in [6.07, 6.45) is 3.80. The van der Waals surface area contributed by atoms with Crippen LogP contribution in [0, 0.1) is 11.8 Å². The zero-order valence-corrected chi connectivity index (χ0v) is 23.0. The zero-order chi connectivity index (χ0) is 27.8. The molecule has 1 fully saturated rings. The fraction of sp³-hybridized carbons (Fsp3) is 0.500. The molecule has 3 aromatic rings. The van der Waals surface area contributed by atoms with E-state index < -0.39 is 30.1 Å². The molecule has 214 valence electrons. The van der Waals surface area contributed by atoms with E-state index in [0.717, 1.165) is 30.4 Å². The molecule has 0 bridgehead atoms. The van der Waals surface area contributed by atoms with Gasteiger partial charge in [0.25, 0.3) is 0 Å². The van der Waals surface area contributed by atoms with Crippen molar-refractivity contribution < 1.29 is 39.0 Å². The van der Waals surface area contributed by atoms with Crippen LogP contribution in [-0.2, 0) is 4.74 Å². The van der Waals surface area contributed by atoms with Crippen molar-refractivity contribution in [3.63, 3.8) is 0 Å². The molecule has 3 aromatic carbocycles. The quantitative estimate of drug-likeness (QED) is 0.318. The summed E-state index contributed by atoms with van der Waals surface area (Å²) in [6, 6.07) is 12.5. The lowest BCUT2D eigenvalue weighted by atomic mass is 9.72. The third kappa shape index (κ3) is 4.93. The summed E-state index contributed by atoms with van der Waals surface area (Å²) in [5.74, 6) is 1.71. The van der Waals surface area contributed by atoms with Crippen LogP contribution in [0.2, 0.25) is 0 Å². The van der Waals surface area contributed by atoms with E-state index >= 15 is 0 Å². The number of aliphatic hydroxyl groups is 2. The van der Waals surface area contributed by atoms with Gasteiger partial charge in [-0.2, -0.15) is 0 Å². The van der Waals surface area contributed by atoms with Crippen LogP contribution in [0.15, 0.2) is 42.5 Å². The van der Waals surface area contributed by atoms with Crippen LogP contribution >= 0.6 is 0 Å². The molecule has 8 nitrogen and oxygen atoms in total. The maximum absolute atomic E-state index is 11.9. The topological polar surface area (TPSA) is 107 Å². The normalized spacial score (nSPS) is 26.1. The van der Waals surface area contributed by atoms with Crippen LogP contribution in [0.4, 0.5) is 0 Å². The maximum atomic E-state index is 11.9. The summed E-state index contributed by atoms with van der Waals surface area (Å²) in [6.45, 7) is 0.804. The maximum Gasteiger partial charge on any atom is 0.133 e. The van der Waals surface area contributed by atoms with Crippen molar-refractivity contribution in [3.05, 3.63) is 53.6 Å². The first-order chi connectivity index (χ1) is 19.5. The number of hydrogen-bond donors (Lipinski definition) is 3. The second-order valence-corrected chi connectivity index (χ2v) is 11.2. The van der Waals surface area contributed by atoms with Gasteiger partial charge in [0.1, 0.15) is 34.9 Å². The van der Waals surface area contributed by atoms with E-state index in [-0.39, 0.29) is 18.5 Å². The lowest BCUT2D eigenvalue weighted by Gasteiger charge is -2.45. The molecule has 40 heavy (non-hydrogen) atoms. The smallest absolute Gasteiger partial charge is 0.133 e. The van der Waals surface area contributed by atoms with Gasteiger partial charge in [0.15, 0.2) is 0 Å². The first-order valence-electron chi connectivity index (χ1n) is 14.3. The third-order valence-electron chi connectivity index (χ3n) is 8.74. The highest BCUT2D eigenvalue weighted by Crippen LogP contribution is 2.52. The molecule has 0 saturated heterocycles. The Morgan fingerprint density at radius 2 is 1.75 bits per heavy atom. The Hall–Kier alpha value is -3.20. The standard InChI is InChI=1S/C32H38O8/c1-36-13-5-8-27-29(31(35)24-16-28(37-2)22-14-18(33)9-11-21(22)32(24)40-27)25-17-38-26-12-10-20(15-23(26)30(25)34)39-19-6-3-4-7-19/h9-12,14-16,19,25,27,29-31,33-35H,3-8,13,17H2,1-2H3/t25-,27-,29-,30-,31+/m1/s1. The van der Waals surface area contributed by atoms with E-state index in [1.165, 1.54) is 12.8 Å². The van der Waals surface area contributed by atoms with E-state index in [1.54, 1.807) is 38.5 Å². The van der Waals surface area contributed by atoms with Gasteiger partial charge in [-0.25, -0.2) is 0 Å². The first kappa shape index (κ1) is 27.0. The predicted molar refractivity (Wildman–Crippen MR) is 149 cm³/mol. The summed E-state index contributed by atoms with van der Waals surface area (Å²) in [5, 5.41) is 35.2. The number of aromatic hydroxyl groups is 1. The van der Waals surface area contributed by atoms with E-state index in [2.05, 4.69) is 0 Å². The van der Waals surface area contributed by atoms with Gasteiger partial charge in [0.05, 0.1) is 32.0 Å². The molecule has 2 aliphatic heterocycles. The highest BCUT2D eigenvalue weighted by molar-refractivity contribution is 5.95. The molecule has 0 amide bonds. The van der Waals surface area contributed by atoms with E-state index in [4.69, 9.17) is 23.7 Å². The van der Waals surface area contributed by atoms with Gasteiger partial charge in [-0.15, -0.1) is 0 Å². The van der Waals surface area contributed by atoms with Gasteiger partial charge in [0.2, 0.25) is 0 Å². The molecular weight excluding hydrogens is 512 g/mol. The number of fused-ring (bicyclic) bond motifs is 4. The van der Waals surface area contributed by atoms with Crippen molar-refractivity contribution in [2.75, 3.05) is 27.4 Å². The average Bonchev–Trinajstić information content (AvgIpc) is 3.47. The minimum absolute atomic E-state index is 0.119. The lowest BCUT2D eigenvalue weighted by Crippen LogP contribution is -2.46. The Labute approximate surface area is 234 Å². The van der Waals surface area contributed by atoms with Crippen molar-refractivity contribution >= 4 is 10.8 Å². The second-order valence-electron chi connectivity index (χ2n) is 11.2. The predicted octanol–water partition coefficient (Wildman–Crippen LogP) is 5.45. The first-order valence-corrected chi connectivity index (χ1v) is 14.3. The number of ether oxygens (including phenoxy) is 5. The van der Waals surface area contributed by atoms with Gasteiger partial charge in [-0.3, -0.25) is 0 Å². The van der Waals surface area contributed by atoms with E-state index in [1.807, 2.05) is 18.2 Å². The van der Waals surface area contributed by atoms with Crippen molar-refractivity contribution in [3.8, 4) is 28.7 Å². The van der Waals surface area contributed by atoms with Crippen LogP contribution in [0.5, 0.6) is 28.7 Å². The molecule has 8 heteroatoms. The molecule has 0 radical (unpaired) electrons. The Morgan fingerprint density at radius 1 is 0.925 bits per heavy atom. The summed E-state index contributed by atoms with van der Waals surface area (Å²) >= 11 is 0. The summed E-state index contributed by atoms with van der Waals surface area (Å²) < 4.78 is 30.0. The van der Waals surface area contributed by atoms with Crippen LogP contribution in [-0.4, -0.2) is 55.0 Å². The van der Waals surface area contributed by atoms with Gasteiger partial charge in [-0.1, -0.05) is 0 Å². The minimum atomic E-state index is -0.939. The minimum Gasteiger partial charge on any atom is -0.508 e. The Morgan fingerprint density at radius 3 is 2.52 bits per heavy atom. The molecule has 3 N–H and O–H groups in total. The summed E-state index contributed by atoms with van der Waals surface area (Å²) in [5.41, 5.74) is 1.27. The fourth-order valence-corrected chi connectivity index (χ4v) is 6.72. The zero-order valence-electron chi connectivity index (χ0n) is 23.0. The lowest BCUT2D eigenvalue weighted by molar-refractivity contribution is -0.0882. The molecule has 0 spiro atoms. The number of benzene rings is 3. The molecule has 2 heterocycles. The Bertz CT molecular complexity index is 1350. The number of aliphatic hydroxyl groups excluding tert-OH is 2. The van der Waals surface area contributed by atoms with Gasteiger partial charge < -0.3 is 39.0 Å². The molecule has 1 aliphatic carbocycles. The second kappa shape index (κ2) is 11.4. The van der Waals surface area contributed by atoms with Crippen molar-refractivity contribution in [1.82, 2.24) is 0 Å². The summed E-state index contributed by atoms with van der Waals surface area (Å²) in [7, 11) is 3.23. The fourth-order valence-electron chi connectivity index (χ4n) is 6.72. The Balaban J connectivity index is 1.36. The SMILES string of the molecule is COCCC[C@H]1Oc2c(cc(OC)c3cc(O)ccc23)[C@H](O)[C@@H]1[C@H]1COc2ccc(OC3CCCC3)cc2[C@H]1O. The van der Waals surface area contributed by atoms with Gasteiger partial charge >= 0.3 is 0 Å². The third-order valence-corrected chi connectivity index (χ3v) is 8.74. The van der Waals surface area contributed by atoms with Crippen LogP contribution in [0.1, 0.15) is 61.9 Å². The van der Waals surface area contributed by atoms with Crippen LogP contribution < -0.4 is 18.9 Å². The molecule has 6 rings (SSSR count). The van der Waals surface area contributed by atoms with Crippen molar-refractivity contribution in [2.24, 2.45) is 11.8 Å². The number of rotatable bonds is 8. The van der Waals surface area contributed by atoms with Crippen LogP contribution in [0.25, 0.3) is 10.8 Å². The van der Waals surface area contributed by atoms with Crippen molar-refractivity contribution in [1.29, 1.82) is 0 Å². The molecule has 0 aromatic heterocycles. The summed E-state index contributed by atoms with van der Waals surface area (Å²) in [4.78, 5) is 0. The van der Waals surface area contributed by atoms with Gasteiger partial charge in [0, 0.05) is 47.5 Å². The monoisotopic (exact) mass is 550 g/mol. The van der Waals surface area contributed by atoms with Gasteiger partial charge in [-0.05, 0) is 81.0 Å². The number of phenolic OH excluding ortho intramolecular Hbond substituents is 1. The molecule has 0 unspecified atom stereocenters. The number of phenols is 1. The largest absolute Gasteiger partial charge is 0.508 e. The molecular formula is C32H38O8. The molecule has 5 atom stereocenters.